The van der Waals surface area contributed by atoms with E-state index in [1.54, 1.807) is 12.4 Å². The SMILES string of the molecule is CC1CCC(NCc2cnccn2)C1. The van der Waals surface area contributed by atoms with E-state index in [0.717, 1.165) is 18.2 Å². The summed E-state index contributed by atoms with van der Waals surface area (Å²) in [5, 5.41) is 3.53. The first-order valence-electron chi connectivity index (χ1n) is 5.33. The third-order valence-electron chi connectivity index (χ3n) is 2.88. The molecule has 1 fully saturated rings. The third-order valence-corrected chi connectivity index (χ3v) is 2.88. The minimum absolute atomic E-state index is 0.687. The highest BCUT2D eigenvalue weighted by molar-refractivity contribution is 4.94. The van der Waals surface area contributed by atoms with Crippen LogP contribution in [0, 0.1) is 5.92 Å². The first-order valence-corrected chi connectivity index (χ1v) is 5.33. The molecule has 2 atom stereocenters. The van der Waals surface area contributed by atoms with Crippen LogP contribution >= 0.6 is 0 Å². The Kier molecular flexibility index (Phi) is 3.09. The van der Waals surface area contributed by atoms with E-state index in [9.17, 15) is 0 Å². The van der Waals surface area contributed by atoms with E-state index in [1.807, 2.05) is 6.20 Å². The summed E-state index contributed by atoms with van der Waals surface area (Å²) in [6.45, 7) is 3.18. The van der Waals surface area contributed by atoms with Gasteiger partial charge in [-0.3, -0.25) is 9.97 Å². The molecule has 76 valence electrons. The lowest BCUT2D eigenvalue weighted by molar-refractivity contribution is 0.498. The molecule has 0 aromatic carbocycles. The normalized spacial score (nSPS) is 26.6. The Morgan fingerprint density at radius 3 is 3.00 bits per heavy atom. The van der Waals surface area contributed by atoms with Crippen molar-refractivity contribution >= 4 is 0 Å². The summed E-state index contributed by atoms with van der Waals surface area (Å²) < 4.78 is 0. The molecule has 1 saturated carbocycles. The van der Waals surface area contributed by atoms with Crippen LogP contribution in [0.5, 0.6) is 0 Å². The number of nitrogens with zero attached hydrogens (tertiary/aromatic N) is 2. The van der Waals surface area contributed by atoms with Crippen LogP contribution in [0.3, 0.4) is 0 Å². The van der Waals surface area contributed by atoms with Gasteiger partial charge in [0.05, 0.1) is 5.69 Å². The molecule has 1 aliphatic rings. The van der Waals surface area contributed by atoms with E-state index >= 15 is 0 Å². The van der Waals surface area contributed by atoms with Gasteiger partial charge in [-0.1, -0.05) is 6.92 Å². The Morgan fingerprint density at radius 2 is 2.36 bits per heavy atom. The molecule has 0 bridgehead atoms. The van der Waals surface area contributed by atoms with E-state index < -0.39 is 0 Å². The second kappa shape index (κ2) is 4.51. The average molecular weight is 191 g/mol. The molecule has 3 nitrogen and oxygen atoms in total. The van der Waals surface area contributed by atoms with Crippen molar-refractivity contribution < 1.29 is 0 Å². The molecule has 2 rings (SSSR count). The number of rotatable bonds is 3. The first-order chi connectivity index (χ1) is 6.84. The highest BCUT2D eigenvalue weighted by Crippen LogP contribution is 2.24. The maximum atomic E-state index is 4.23. The van der Waals surface area contributed by atoms with Crippen molar-refractivity contribution in [1.29, 1.82) is 0 Å². The van der Waals surface area contributed by atoms with Gasteiger partial charge >= 0.3 is 0 Å². The van der Waals surface area contributed by atoms with Crippen LogP contribution in [-0.2, 0) is 6.54 Å². The zero-order valence-electron chi connectivity index (χ0n) is 8.61. The second-order valence-electron chi connectivity index (χ2n) is 4.19. The standard InChI is InChI=1S/C11H17N3/c1-9-2-3-10(6-9)14-8-11-7-12-4-5-13-11/h4-5,7,9-10,14H,2-3,6,8H2,1H3. The van der Waals surface area contributed by atoms with Crippen molar-refractivity contribution in [2.24, 2.45) is 5.92 Å². The molecule has 1 N–H and O–H groups in total. The van der Waals surface area contributed by atoms with E-state index in [2.05, 4.69) is 22.2 Å². The van der Waals surface area contributed by atoms with Crippen LogP contribution in [0.15, 0.2) is 18.6 Å². The van der Waals surface area contributed by atoms with E-state index in [1.165, 1.54) is 19.3 Å². The van der Waals surface area contributed by atoms with Gasteiger partial charge in [0.25, 0.3) is 0 Å². The summed E-state index contributed by atoms with van der Waals surface area (Å²) >= 11 is 0. The molecular weight excluding hydrogens is 174 g/mol. The second-order valence-corrected chi connectivity index (χ2v) is 4.19. The summed E-state index contributed by atoms with van der Waals surface area (Å²) in [6.07, 6.45) is 9.25. The molecule has 0 spiro atoms. The van der Waals surface area contributed by atoms with E-state index in [-0.39, 0.29) is 0 Å². The highest BCUT2D eigenvalue weighted by Gasteiger charge is 2.20. The van der Waals surface area contributed by atoms with E-state index in [0.29, 0.717) is 6.04 Å². The lowest BCUT2D eigenvalue weighted by Gasteiger charge is -2.11. The Balaban J connectivity index is 1.78. The van der Waals surface area contributed by atoms with Gasteiger partial charge in [-0.15, -0.1) is 0 Å². The highest BCUT2D eigenvalue weighted by atomic mass is 14.9. The van der Waals surface area contributed by atoms with Crippen LogP contribution in [0.25, 0.3) is 0 Å². The molecule has 1 heterocycles. The van der Waals surface area contributed by atoms with Crippen LogP contribution in [0.2, 0.25) is 0 Å². The number of nitrogens with one attached hydrogen (secondary N) is 1. The molecule has 2 unspecified atom stereocenters. The zero-order valence-corrected chi connectivity index (χ0v) is 8.61. The molecule has 0 radical (unpaired) electrons. The molecule has 0 amide bonds. The van der Waals surface area contributed by atoms with Crippen molar-refractivity contribution in [3.63, 3.8) is 0 Å². The zero-order chi connectivity index (χ0) is 9.80. The third kappa shape index (κ3) is 2.51. The van der Waals surface area contributed by atoms with Gasteiger partial charge in [-0.05, 0) is 25.2 Å². The maximum Gasteiger partial charge on any atom is 0.0724 e. The summed E-state index contributed by atoms with van der Waals surface area (Å²) in [5.41, 5.74) is 1.03. The van der Waals surface area contributed by atoms with Crippen LogP contribution in [0.4, 0.5) is 0 Å². The maximum absolute atomic E-state index is 4.23. The van der Waals surface area contributed by atoms with Crippen LogP contribution in [-0.4, -0.2) is 16.0 Å². The van der Waals surface area contributed by atoms with E-state index in [4.69, 9.17) is 0 Å². The first kappa shape index (κ1) is 9.59. The molecular formula is C11H17N3. The van der Waals surface area contributed by atoms with Crippen molar-refractivity contribution in [3.8, 4) is 0 Å². The Morgan fingerprint density at radius 1 is 1.43 bits per heavy atom. The molecule has 1 aromatic heterocycles. The van der Waals surface area contributed by atoms with Gasteiger partial charge in [0, 0.05) is 31.2 Å². The van der Waals surface area contributed by atoms with Crippen molar-refractivity contribution in [2.75, 3.05) is 0 Å². The minimum Gasteiger partial charge on any atom is -0.308 e. The fourth-order valence-corrected chi connectivity index (χ4v) is 2.06. The van der Waals surface area contributed by atoms with Gasteiger partial charge in [0.1, 0.15) is 0 Å². The minimum atomic E-state index is 0.687. The number of aromatic nitrogens is 2. The average Bonchev–Trinajstić information content (AvgIpc) is 2.63. The monoisotopic (exact) mass is 191 g/mol. The number of hydrogen-bond acceptors (Lipinski definition) is 3. The molecule has 0 saturated heterocycles. The molecule has 1 aromatic rings. The lowest BCUT2D eigenvalue weighted by Crippen LogP contribution is -2.26. The Hall–Kier alpha value is -0.960. The number of hydrogen-bond donors (Lipinski definition) is 1. The van der Waals surface area contributed by atoms with Gasteiger partial charge in [0.2, 0.25) is 0 Å². The van der Waals surface area contributed by atoms with Crippen molar-refractivity contribution in [3.05, 3.63) is 24.3 Å². The van der Waals surface area contributed by atoms with Crippen molar-refractivity contribution in [2.45, 2.75) is 38.8 Å². The summed E-state index contributed by atoms with van der Waals surface area (Å²) in [4.78, 5) is 8.28. The summed E-state index contributed by atoms with van der Waals surface area (Å²) in [6, 6.07) is 0.687. The topological polar surface area (TPSA) is 37.8 Å². The fourth-order valence-electron chi connectivity index (χ4n) is 2.06. The van der Waals surface area contributed by atoms with Gasteiger partial charge in [-0.25, -0.2) is 0 Å². The Bertz CT molecular complexity index is 273. The summed E-state index contributed by atoms with van der Waals surface area (Å²) in [5.74, 6) is 0.884. The quantitative estimate of drug-likeness (QED) is 0.791. The molecule has 0 aliphatic heterocycles. The van der Waals surface area contributed by atoms with Gasteiger partial charge in [0.15, 0.2) is 0 Å². The fraction of sp³-hybridized carbons (Fsp3) is 0.636. The largest absolute Gasteiger partial charge is 0.308 e. The smallest absolute Gasteiger partial charge is 0.0724 e. The predicted octanol–water partition coefficient (Wildman–Crippen LogP) is 1.75. The molecule has 14 heavy (non-hydrogen) atoms. The van der Waals surface area contributed by atoms with Crippen LogP contribution in [0.1, 0.15) is 31.9 Å². The Labute approximate surface area is 85.0 Å². The lowest BCUT2D eigenvalue weighted by atomic mass is 10.1. The summed E-state index contributed by atoms with van der Waals surface area (Å²) in [7, 11) is 0. The van der Waals surface area contributed by atoms with Crippen LogP contribution < -0.4 is 5.32 Å². The van der Waals surface area contributed by atoms with Crippen molar-refractivity contribution in [1.82, 2.24) is 15.3 Å². The van der Waals surface area contributed by atoms with Gasteiger partial charge in [-0.2, -0.15) is 0 Å². The molecule has 3 heteroatoms. The molecule has 1 aliphatic carbocycles. The van der Waals surface area contributed by atoms with Gasteiger partial charge < -0.3 is 5.32 Å². The predicted molar refractivity (Wildman–Crippen MR) is 55.7 cm³/mol.